The first-order chi connectivity index (χ1) is 10.1. The predicted molar refractivity (Wildman–Crippen MR) is 81.5 cm³/mol. The van der Waals surface area contributed by atoms with Crippen LogP contribution in [0.2, 0.25) is 0 Å². The van der Waals surface area contributed by atoms with Gasteiger partial charge in [-0.15, -0.1) is 0 Å². The van der Waals surface area contributed by atoms with Crippen LogP contribution in [0.25, 0.3) is 0 Å². The minimum absolute atomic E-state index is 0.0837. The van der Waals surface area contributed by atoms with Gasteiger partial charge in [0, 0.05) is 12.0 Å². The van der Waals surface area contributed by atoms with E-state index in [1.54, 1.807) is 25.3 Å². The average Bonchev–Trinajstić information content (AvgIpc) is 2.49. The molecule has 2 rings (SSSR count). The van der Waals surface area contributed by atoms with E-state index in [9.17, 15) is 9.18 Å². The van der Waals surface area contributed by atoms with Crippen LogP contribution in [0.1, 0.15) is 16.8 Å². The van der Waals surface area contributed by atoms with Crippen molar-refractivity contribution in [3.63, 3.8) is 0 Å². The number of halogens is 2. The molecular weight excluding hydrogens is 339 g/mol. The fourth-order valence-electron chi connectivity index (χ4n) is 1.76. The Kier molecular flexibility index (Phi) is 5.33. The Labute approximate surface area is 130 Å². The van der Waals surface area contributed by atoms with Gasteiger partial charge < -0.3 is 9.47 Å². The summed E-state index contributed by atoms with van der Waals surface area (Å²) in [5.41, 5.74) is 0.480. The third kappa shape index (κ3) is 4.29. The van der Waals surface area contributed by atoms with Gasteiger partial charge >= 0.3 is 0 Å². The Morgan fingerprint density at radius 2 is 1.90 bits per heavy atom. The summed E-state index contributed by atoms with van der Waals surface area (Å²) in [5, 5.41) is 0. The molecule has 3 nitrogen and oxygen atoms in total. The first-order valence-corrected chi connectivity index (χ1v) is 7.14. The van der Waals surface area contributed by atoms with Gasteiger partial charge in [-0.3, -0.25) is 4.79 Å². The van der Waals surface area contributed by atoms with E-state index in [0.717, 1.165) is 10.2 Å². The van der Waals surface area contributed by atoms with E-state index in [4.69, 9.17) is 9.47 Å². The molecular formula is C16H14BrFO3. The highest BCUT2D eigenvalue weighted by Gasteiger charge is 2.08. The molecule has 0 radical (unpaired) electrons. The monoisotopic (exact) mass is 352 g/mol. The minimum atomic E-state index is -0.357. The van der Waals surface area contributed by atoms with Crippen molar-refractivity contribution in [2.24, 2.45) is 0 Å². The quantitative estimate of drug-likeness (QED) is 0.729. The standard InChI is InChI=1S/C16H14BrFO3/c1-20-13-6-7-16(14(17)10-13)21-9-8-15(19)11-2-4-12(18)5-3-11/h2-7,10H,8-9H2,1H3. The van der Waals surface area contributed by atoms with Crippen molar-refractivity contribution in [1.29, 1.82) is 0 Å². The molecule has 0 fully saturated rings. The number of hydrogen-bond donors (Lipinski definition) is 0. The van der Waals surface area contributed by atoms with Gasteiger partial charge in [-0.2, -0.15) is 0 Å². The summed E-state index contributed by atoms with van der Waals surface area (Å²) in [5.74, 6) is 0.920. The number of methoxy groups -OCH3 is 1. The van der Waals surface area contributed by atoms with E-state index in [2.05, 4.69) is 15.9 Å². The fraction of sp³-hybridized carbons (Fsp3) is 0.188. The minimum Gasteiger partial charge on any atom is -0.497 e. The van der Waals surface area contributed by atoms with Crippen LogP contribution in [0.3, 0.4) is 0 Å². The molecule has 0 heterocycles. The molecule has 0 bridgehead atoms. The summed E-state index contributed by atoms with van der Waals surface area (Å²) in [6.45, 7) is 0.251. The maximum Gasteiger partial charge on any atom is 0.166 e. The van der Waals surface area contributed by atoms with Gasteiger partial charge in [0.05, 0.1) is 18.2 Å². The van der Waals surface area contributed by atoms with Crippen LogP contribution in [-0.2, 0) is 0 Å². The molecule has 0 aliphatic rings. The number of carbonyl (C=O) groups excluding carboxylic acids is 1. The Bertz CT molecular complexity index is 626. The second-order valence-electron chi connectivity index (χ2n) is 4.32. The van der Waals surface area contributed by atoms with Crippen molar-refractivity contribution in [2.75, 3.05) is 13.7 Å². The summed E-state index contributed by atoms with van der Waals surface area (Å²) in [6, 6.07) is 10.8. The van der Waals surface area contributed by atoms with Gasteiger partial charge in [-0.05, 0) is 58.4 Å². The molecule has 0 amide bonds. The number of rotatable bonds is 6. The van der Waals surface area contributed by atoms with Gasteiger partial charge in [0.25, 0.3) is 0 Å². The number of benzene rings is 2. The first-order valence-electron chi connectivity index (χ1n) is 6.35. The molecule has 21 heavy (non-hydrogen) atoms. The summed E-state index contributed by atoms with van der Waals surface area (Å²) in [4.78, 5) is 11.9. The van der Waals surface area contributed by atoms with Crippen LogP contribution in [0.15, 0.2) is 46.9 Å². The highest BCUT2D eigenvalue weighted by Crippen LogP contribution is 2.29. The Balaban J connectivity index is 1.89. The van der Waals surface area contributed by atoms with E-state index < -0.39 is 0 Å². The third-order valence-corrected chi connectivity index (χ3v) is 3.51. The predicted octanol–water partition coefficient (Wildman–Crippen LogP) is 4.25. The van der Waals surface area contributed by atoms with Gasteiger partial charge in [0.2, 0.25) is 0 Å². The Morgan fingerprint density at radius 3 is 2.52 bits per heavy atom. The zero-order valence-electron chi connectivity index (χ0n) is 11.4. The highest BCUT2D eigenvalue weighted by molar-refractivity contribution is 9.10. The third-order valence-electron chi connectivity index (χ3n) is 2.89. The van der Waals surface area contributed by atoms with Gasteiger partial charge in [-0.25, -0.2) is 4.39 Å². The molecule has 0 N–H and O–H groups in total. The molecule has 0 aliphatic carbocycles. The van der Waals surface area contributed by atoms with E-state index in [1.807, 2.05) is 0 Å². The number of Topliss-reactive ketones (excluding diaryl/α,β-unsaturated/α-hetero) is 1. The molecule has 110 valence electrons. The van der Waals surface area contributed by atoms with Crippen LogP contribution >= 0.6 is 15.9 Å². The van der Waals surface area contributed by atoms with Gasteiger partial charge in [0.15, 0.2) is 5.78 Å². The number of ketones is 1. The zero-order valence-corrected chi connectivity index (χ0v) is 13.0. The maximum atomic E-state index is 12.8. The lowest BCUT2D eigenvalue weighted by Crippen LogP contribution is -2.07. The molecule has 0 aliphatic heterocycles. The van der Waals surface area contributed by atoms with E-state index in [1.165, 1.54) is 24.3 Å². The SMILES string of the molecule is COc1ccc(OCCC(=O)c2ccc(F)cc2)c(Br)c1. The normalized spacial score (nSPS) is 10.2. The fourth-order valence-corrected chi connectivity index (χ4v) is 2.23. The van der Waals surface area contributed by atoms with E-state index in [-0.39, 0.29) is 24.6 Å². The molecule has 0 saturated carbocycles. The largest absolute Gasteiger partial charge is 0.497 e. The van der Waals surface area contributed by atoms with Crippen LogP contribution in [-0.4, -0.2) is 19.5 Å². The Hall–Kier alpha value is -1.88. The van der Waals surface area contributed by atoms with E-state index in [0.29, 0.717) is 11.3 Å². The Morgan fingerprint density at radius 1 is 1.19 bits per heavy atom. The number of carbonyl (C=O) groups is 1. The average molecular weight is 353 g/mol. The van der Waals surface area contributed by atoms with Crippen LogP contribution in [0, 0.1) is 5.82 Å². The highest BCUT2D eigenvalue weighted by atomic mass is 79.9. The summed E-state index contributed by atoms with van der Waals surface area (Å²) in [6.07, 6.45) is 0.226. The molecule has 0 unspecified atom stereocenters. The molecule has 0 saturated heterocycles. The summed E-state index contributed by atoms with van der Waals surface area (Å²) < 4.78 is 24.2. The second kappa shape index (κ2) is 7.22. The topological polar surface area (TPSA) is 35.5 Å². The smallest absolute Gasteiger partial charge is 0.166 e. The second-order valence-corrected chi connectivity index (χ2v) is 5.18. The van der Waals surface area contributed by atoms with Crippen LogP contribution in [0.5, 0.6) is 11.5 Å². The summed E-state index contributed by atoms with van der Waals surface area (Å²) in [7, 11) is 1.59. The van der Waals surface area contributed by atoms with Crippen LogP contribution in [0.4, 0.5) is 4.39 Å². The molecule has 0 spiro atoms. The number of hydrogen-bond acceptors (Lipinski definition) is 3. The van der Waals surface area contributed by atoms with Crippen molar-refractivity contribution in [1.82, 2.24) is 0 Å². The maximum absolute atomic E-state index is 12.8. The zero-order chi connectivity index (χ0) is 15.2. The van der Waals surface area contributed by atoms with Crippen molar-refractivity contribution in [3.05, 3.63) is 58.3 Å². The lowest BCUT2D eigenvalue weighted by molar-refractivity contribution is 0.0962. The summed E-state index contributed by atoms with van der Waals surface area (Å²) >= 11 is 3.38. The van der Waals surface area contributed by atoms with Gasteiger partial charge in [0.1, 0.15) is 17.3 Å². The van der Waals surface area contributed by atoms with E-state index >= 15 is 0 Å². The van der Waals surface area contributed by atoms with Crippen molar-refractivity contribution < 1.29 is 18.7 Å². The molecule has 0 atom stereocenters. The lowest BCUT2D eigenvalue weighted by atomic mass is 10.1. The van der Waals surface area contributed by atoms with Crippen molar-refractivity contribution in [3.8, 4) is 11.5 Å². The van der Waals surface area contributed by atoms with Crippen molar-refractivity contribution in [2.45, 2.75) is 6.42 Å². The van der Waals surface area contributed by atoms with Crippen LogP contribution < -0.4 is 9.47 Å². The lowest BCUT2D eigenvalue weighted by Gasteiger charge is -2.09. The number of ether oxygens (including phenoxy) is 2. The van der Waals surface area contributed by atoms with Crippen molar-refractivity contribution >= 4 is 21.7 Å². The molecule has 0 aromatic heterocycles. The molecule has 2 aromatic rings. The molecule has 5 heteroatoms. The van der Waals surface area contributed by atoms with Gasteiger partial charge in [-0.1, -0.05) is 0 Å². The first kappa shape index (κ1) is 15.5. The molecule has 2 aromatic carbocycles.